The molecule has 4 nitrogen and oxygen atoms in total. The second kappa shape index (κ2) is 4.26. The van der Waals surface area contributed by atoms with Crippen LogP contribution in [0.15, 0.2) is 28.7 Å². The predicted molar refractivity (Wildman–Crippen MR) is 80.3 cm³/mol. The van der Waals surface area contributed by atoms with E-state index in [1.54, 1.807) is 0 Å². The van der Waals surface area contributed by atoms with E-state index in [2.05, 4.69) is 21.2 Å². The Bertz CT molecular complexity index is 548. The maximum Gasteiger partial charge on any atom is 0.218 e. The van der Waals surface area contributed by atoms with Crippen molar-refractivity contribution in [3.8, 4) is 0 Å². The van der Waals surface area contributed by atoms with E-state index in [1.165, 1.54) is 0 Å². The monoisotopic (exact) mass is 347 g/mol. The Balaban J connectivity index is 1.94. The van der Waals surface area contributed by atoms with E-state index in [9.17, 15) is 8.76 Å². The molecule has 0 saturated carbocycles. The summed E-state index contributed by atoms with van der Waals surface area (Å²) in [4.78, 5) is 1.95. The highest BCUT2D eigenvalue weighted by molar-refractivity contribution is 9.10. The van der Waals surface area contributed by atoms with E-state index in [-0.39, 0.29) is 23.6 Å². The Hall–Kier alpha value is -0.500. The fourth-order valence-corrected chi connectivity index (χ4v) is 5.10. The number of rotatable bonds is 1. The van der Waals surface area contributed by atoms with E-state index >= 15 is 0 Å². The fraction of sp³-hybridized carbons (Fsp3) is 0.364. The van der Waals surface area contributed by atoms with Crippen LogP contribution in [-0.4, -0.2) is 33.3 Å². The minimum Gasteiger partial charge on any atom is -0.352 e. The third kappa shape index (κ3) is 2.09. The molecule has 18 heavy (non-hydrogen) atoms. The summed E-state index contributed by atoms with van der Waals surface area (Å²) in [5.74, 6) is 0.561. The van der Waals surface area contributed by atoms with Gasteiger partial charge in [-0.2, -0.15) is 4.55 Å². The molecule has 1 aromatic carbocycles. The molecule has 0 radical (unpaired) electrons. The first-order valence-electron chi connectivity index (χ1n) is 5.53. The summed E-state index contributed by atoms with van der Waals surface area (Å²) in [5, 5.41) is 3.78. The van der Waals surface area contributed by atoms with E-state index < -0.39 is 10.2 Å². The summed E-state index contributed by atoms with van der Waals surface area (Å²) in [6, 6.07) is 7.76. The molecule has 0 aliphatic carbocycles. The largest absolute Gasteiger partial charge is 0.352 e. The van der Waals surface area contributed by atoms with Crippen molar-refractivity contribution < 1.29 is 8.76 Å². The molecule has 7 heteroatoms. The third-order valence-electron chi connectivity index (χ3n) is 3.30. The summed E-state index contributed by atoms with van der Waals surface area (Å²) < 4.78 is 22.5. The van der Waals surface area contributed by atoms with Crippen LogP contribution < -0.4 is 10.2 Å². The molecule has 0 amide bonds. The van der Waals surface area contributed by atoms with Crippen LogP contribution in [0, 0.1) is 0 Å². The highest BCUT2D eigenvalue weighted by Crippen LogP contribution is 2.31. The molecule has 0 bridgehead atoms. The van der Waals surface area contributed by atoms with E-state index in [1.807, 2.05) is 29.2 Å². The maximum atomic E-state index is 11.8. The number of thiocarbonyl (C=S) groups is 1. The van der Waals surface area contributed by atoms with Crippen molar-refractivity contribution in [3.63, 3.8) is 0 Å². The first-order valence-corrected chi connectivity index (χ1v) is 8.59. The maximum absolute atomic E-state index is 11.8. The second-order valence-corrected chi connectivity index (χ2v) is 8.09. The van der Waals surface area contributed by atoms with Crippen molar-refractivity contribution in [2.75, 3.05) is 16.4 Å². The average molecular weight is 348 g/mol. The summed E-state index contributed by atoms with van der Waals surface area (Å²) in [7, 11) is -2.70. The van der Waals surface area contributed by atoms with Gasteiger partial charge >= 0.3 is 0 Å². The molecule has 2 heterocycles. The number of nitrogens with one attached hydrogen (secondary N) is 1. The van der Waals surface area contributed by atoms with Gasteiger partial charge in [0.2, 0.25) is 10.2 Å². The molecule has 1 aromatic rings. The van der Waals surface area contributed by atoms with Crippen LogP contribution in [0.3, 0.4) is 0 Å². The molecule has 0 spiro atoms. The fourth-order valence-electron chi connectivity index (χ4n) is 2.52. The molecular weight excluding hydrogens is 336 g/mol. The Morgan fingerprint density at radius 2 is 2.06 bits per heavy atom. The number of hydrogen-bond acceptors (Lipinski definition) is 2. The minimum atomic E-state index is -2.70. The lowest BCUT2D eigenvalue weighted by Gasteiger charge is -2.22. The van der Waals surface area contributed by atoms with Gasteiger partial charge in [0.25, 0.3) is 0 Å². The van der Waals surface area contributed by atoms with Crippen molar-refractivity contribution in [2.45, 2.75) is 12.1 Å². The smallest absolute Gasteiger partial charge is 0.218 e. The van der Waals surface area contributed by atoms with Crippen LogP contribution >= 0.6 is 28.1 Å². The number of halogens is 1. The Morgan fingerprint density at radius 1 is 1.39 bits per heavy atom. The van der Waals surface area contributed by atoms with E-state index in [0.29, 0.717) is 5.11 Å². The zero-order valence-electron chi connectivity index (χ0n) is 9.38. The van der Waals surface area contributed by atoms with Gasteiger partial charge in [-0.15, -0.1) is 0 Å². The molecule has 2 aliphatic rings. The summed E-state index contributed by atoms with van der Waals surface area (Å²) in [5.41, 5.74) is 0.959. The summed E-state index contributed by atoms with van der Waals surface area (Å²) >= 11 is 8.70. The molecule has 0 aromatic heterocycles. The van der Waals surface area contributed by atoms with Crippen LogP contribution in [0.2, 0.25) is 0 Å². The quantitative estimate of drug-likeness (QED) is 0.600. The van der Waals surface area contributed by atoms with Gasteiger partial charge in [-0.3, -0.25) is 0 Å². The summed E-state index contributed by atoms with van der Waals surface area (Å²) in [6.45, 7) is 0. The molecule has 3 rings (SSSR count). The van der Waals surface area contributed by atoms with Crippen LogP contribution in [0.1, 0.15) is 0 Å². The zero-order chi connectivity index (χ0) is 12.9. The van der Waals surface area contributed by atoms with Gasteiger partial charge in [-0.05, 0) is 36.5 Å². The highest BCUT2D eigenvalue weighted by atomic mass is 79.9. The van der Waals surface area contributed by atoms with Crippen molar-refractivity contribution in [2.24, 2.45) is 0 Å². The molecule has 2 N–H and O–H groups in total. The average Bonchev–Trinajstić information content (AvgIpc) is 2.70. The predicted octanol–water partition coefficient (Wildman–Crippen LogP) is 1.87. The lowest BCUT2D eigenvalue weighted by molar-refractivity contribution is 0.502. The topological polar surface area (TPSA) is 52.6 Å². The van der Waals surface area contributed by atoms with Gasteiger partial charge in [-0.1, -0.05) is 20.1 Å². The van der Waals surface area contributed by atoms with Gasteiger partial charge in [-0.25, -0.2) is 0 Å². The molecular formula is C11H12BrN2O2S2+. The molecule has 3 atom stereocenters. The van der Waals surface area contributed by atoms with Crippen LogP contribution in [-0.2, 0) is 14.4 Å². The van der Waals surface area contributed by atoms with Crippen molar-refractivity contribution in [1.82, 2.24) is 5.32 Å². The lowest BCUT2D eigenvalue weighted by atomic mass is 10.1. The Labute approximate surface area is 120 Å². The minimum absolute atomic E-state index is 0.0151. The Morgan fingerprint density at radius 3 is 2.72 bits per heavy atom. The van der Waals surface area contributed by atoms with E-state index in [4.69, 9.17) is 12.2 Å². The number of anilines is 1. The number of hydrogen-bond donors (Lipinski definition) is 2. The number of benzene rings is 1. The number of nitrogens with zero attached hydrogens (tertiary/aromatic N) is 1. The van der Waals surface area contributed by atoms with Gasteiger partial charge in [0, 0.05) is 10.2 Å². The summed E-state index contributed by atoms with van der Waals surface area (Å²) in [6.07, 6.45) is 0. The van der Waals surface area contributed by atoms with Crippen LogP contribution in [0.25, 0.3) is 0 Å². The molecule has 2 fully saturated rings. The number of fused-ring (bicyclic) bond motifs is 1. The highest BCUT2D eigenvalue weighted by Gasteiger charge is 2.54. The first kappa shape index (κ1) is 12.5. The van der Waals surface area contributed by atoms with Crippen LogP contribution in [0.4, 0.5) is 5.69 Å². The van der Waals surface area contributed by atoms with Crippen molar-refractivity contribution >= 4 is 49.2 Å². The SMILES string of the molecule is O=[S+]1(O)C[C@@H]2NC(=S)N(c3ccc(Br)cc3)[C@@H]2C1. The van der Waals surface area contributed by atoms with Gasteiger partial charge in [0.05, 0.1) is 0 Å². The van der Waals surface area contributed by atoms with Gasteiger partial charge < -0.3 is 10.2 Å². The lowest BCUT2D eigenvalue weighted by Crippen LogP contribution is -2.37. The standard InChI is InChI=1S/C11H11BrN2O2S2/c12-7-1-3-8(4-2-7)14-10-6-18(15,16)5-9(10)13-11(14)17/h1-4,9-10H,5-6H2,(H-,13,15,16,17)/p+1/t9-,10+/m0/s1. The van der Waals surface area contributed by atoms with Gasteiger partial charge in [0.15, 0.2) is 16.6 Å². The Kier molecular flexibility index (Phi) is 2.97. The first-order chi connectivity index (χ1) is 8.46. The van der Waals surface area contributed by atoms with Crippen molar-refractivity contribution in [3.05, 3.63) is 28.7 Å². The zero-order valence-corrected chi connectivity index (χ0v) is 12.6. The van der Waals surface area contributed by atoms with E-state index in [0.717, 1.165) is 10.2 Å². The molecule has 2 saturated heterocycles. The van der Waals surface area contributed by atoms with Crippen LogP contribution in [0.5, 0.6) is 0 Å². The normalized spacial score (nSPS) is 34.6. The molecule has 96 valence electrons. The molecule has 1 unspecified atom stereocenters. The second-order valence-electron chi connectivity index (χ2n) is 4.58. The van der Waals surface area contributed by atoms with Gasteiger partial charge in [0.1, 0.15) is 12.1 Å². The third-order valence-corrected chi connectivity index (χ3v) is 5.89. The van der Waals surface area contributed by atoms with Crippen molar-refractivity contribution in [1.29, 1.82) is 0 Å². The molecule has 2 aliphatic heterocycles.